The quantitative estimate of drug-likeness (QED) is 0.330. The number of hydrogen-bond donors (Lipinski definition) is 1. The first-order chi connectivity index (χ1) is 15.6. The van der Waals surface area contributed by atoms with E-state index in [9.17, 15) is 4.79 Å². The van der Waals surface area contributed by atoms with Gasteiger partial charge in [0.1, 0.15) is 23.9 Å². The van der Waals surface area contributed by atoms with Gasteiger partial charge < -0.3 is 19.2 Å². The monoisotopic (exact) mass is 495 g/mol. The van der Waals surface area contributed by atoms with Crippen molar-refractivity contribution >= 4 is 27.5 Å². The third kappa shape index (κ3) is 5.79. The number of amides is 1. The van der Waals surface area contributed by atoms with E-state index in [1.165, 1.54) is 0 Å². The molecule has 8 heteroatoms. The number of hydrogen-bond acceptors (Lipinski definition) is 5. The molecule has 0 atom stereocenters. The van der Waals surface area contributed by atoms with Crippen LogP contribution in [-0.4, -0.2) is 22.3 Å². The number of carbonyl (C=O) groups is 1. The zero-order valence-electron chi connectivity index (χ0n) is 17.5. The molecule has 2 aromatic carbocycles. The molecule has 0 spiro atoms. The van der Waals surface area contributed by atoms with Crippen molar-refractivity contribution in [2.24, 2.45) is 0 Å². The molecule has 0 radical (unpaired) electrons. The van der Waals surface area contributed by atoms with E-state index in [2.05, 4.69) is 26.3 Å². The summed E-state index contributed by atoms with van der Waals surface area (Å²) < 4.78 is 19.5. The van der Waals surface area contributed by atoms with Crippen LogP contribution in [0.1, 0.15) is 28.8 Å². The molecule has 4 rings (SSSR count). The second-order valence-corrected chi connectivity index (χ2v) is 7.88. The minimum atomic E-state index is -0.347. The summed E-state index contributed by atoms with van der Waals surface area (Å²) in [5, 5.41) is 7.10. The summed E-state index contributed by atoms with van der Waals surface area (Å²) in [4.78, 5) is 12.5. The van der Waals surface area contributed by atoms with E-state index in [1.807, 2.05) is 55.5 Å². The topological polar surface area (TPSA) is 78.5 Å². The van der Waals surface area contributed by atoms with Gasteiger partial charge in [-0.2, -0.15) is 5.10 Å². The lowest BCUT2D eigenvalue weighted by Gasteiger charge is -2.06. The van der Waals surface area contributed by atoms with Crippen LogP contribution in [0.5, 0.6) is 11.5 Å². The Morgan fingerprint density at radius 1 is 1.03 bits per heavy atom. The van der Waals surface area contributed by atoms with Crippen molar-refractivity contribution in [1.29, 1.82) is 0 Å². The first kappa shape index (κ1) is 21.7. The second kappa shape index (κ2) is 10.2. The molecular weight excluding hydrogens is 474 g/mol. The predicted octanol–water partition coefficient (Wildman–Crippen LogP) is 5.52. The van der Waals surface area contributed by atoms with Gasteiger partial charge in [0.2, 0.25) is 0 Å². The molecule has 4 aromatic rings. The fourth-order valence-electron chi connectivity index (χ4n) is 3.01. The highest BCUT2D eigenvalue weighted by Crippen LogP contribution is 2.20. The van der Waals surface area contributed by atoms with Crippen LogP contribution in [0.2, 0.25) is 0 Å². The van der Waals surface area contributed by atoms with Gasteiger partial charge in [-0.1, -0.05) is 28.1 Å². The number of benzene rings is 2. The first-order valence-corrected chi connectivity index (χ1v) is 10.9. The van der Waals surface area contributed by atoms with Crippen LogP contribution in [0, 0.1) is 0 Å². The Hall–Kier alpha value is -3.52. The van der Waals surface area contributed by atoms with E-state index in [4.69, 9.17) is 13.9 Å². The van der Waals surface area contributed by atoms with Crippen LogP contribution in [0.3, 0.4) is 0 Å². The maximum absolute atomic E-state index is 12.5. The van der Waals surface area contributed by atoms with Crippen LogP contribution in [0.15, 0.2) is 81.9 Å². The summed E-state index contributed by atoms with van der Waals surface area (Å²) in [7, 11) is 0. The van der Waals surface area contributed by atoms with E-state index in [0.717, 1.165) is 15.8 Å². The Labute approximate surface area is 194 Å². The number of nitrogens with one attached hydrogen (secondary N) is 1. The van der Waals surface area contributed by atoms with Gasteiger partial charge in [-0.25, -0.2) is 0 Å². The highest BCUT2D eigenvalue weighted by molar-refractivity contribution is 9.10. The Morgan fingerprint density at radius 2 is 1.75 bits per heavy atom. The van der Waals surface area contributed by atoms with E-state index in [1.54, 1.807) is 29.2 Å². The maximum Gasteiger partial charge on any atom is 0.291 e. The number of furan rings is 1. The summed E-state index contributed by atoms with van der Waals surface area (Å²) in [6.07, 6.45) is 3.38. The Morgan fingerprint density at radius 3 is 2.47 bits per heavy atom. The van der Waals surface area contributed by atoms with Crippen molar-refractivity contribution in [3.63, 3.8) is 0 Å². The number of halogens is 1. The molecule has 0 aliphatic rings. The number of ether oxygens (including phenoxy) is 2. The van der Waals surface area contributed by atoms with Crippen molar-refractivity contribution in [3.8, 4) is 11.5 Å². The van der Waals surface area contributed by atoms with Gasteiger partial charge in [0.15, 0.2) is 5.76 Å². The average molecular weight is 496 g/mol. The zero-order chi connectivity index (χ0) is 22.3. The predicted molar refractivity (Wildman–Crippen MR) is 124 cm³/mol. The van der Waals surface area contributed by atoms with Crippen molar-refractivity contribution < 1.29 is 18.7 Å². The molecule has 0 unspecified atom stereocenters. The highest BCUT2D eigenvalue weighted by Gasteiger charge is 2.13. The molecule has 0 aliphatic carbocycles. The number of anilines is 1. The average Bonchev–Trinajstić information content (AvgIpc) is 3.45. The molecule has 0 fully saturated rings. The molecule has 0 bridgehead atoms. The zero-order valence-corrected chi connectivity index (χ0v) is 19.0. The van der Waals surface area contributed by atoms with Crippen LogP contribution in [0.4, 0.5) is 5.69 Å². The first-order valence-electron chi connectivity index (χ1n) is 10.1. The number of nitrogens with zero attached hydrogens (tertiary/aromatic N) is 2. The lowest BCUT2D eigenvalue weighted by atomic mass is 10.2. The second-order valence-electron chi connectivity index (χ2n) is 6.97. The molecular formula is C24H22BrN3O4. The standard InChI is InChI=1S/C24H22BrN3O4/c1-2-30-20-7-9-21(10-8-20)31-16-22-11-12-23(32-22)24(29)27-19-13-26-28(15-19)14-17-3-5-18(25)6-4-17/h3-13,15H,2,14,16H2,1H3,(H,27,29). The molecule has 0 saturated heterocycles. The molecule has 0 aliphatic heterocycles. The van der Waals surface area contributed by atoms with Gasteiger partial charge in [-0.15, -0.1) is 0 Å². The molecule has 164 valence electrons. The minimum absolute atomic E-state index is 0.205. The Kier molecular flexibility index (Phi) is 6.91. The summed E-state index contributed by atoms with van der Waals surface area (Å²) in [6, 6.07) is 18.7. The molecule has 2 aromatic heterocycles. The lowest BCUT2D eigenvalue weighted by molar-refractivity contribution is 0.0992. The van der Waals surface area contributed by atoms with Crippen molar-refractivity contribution in [2.75, 3.05) is 11.9 Å². The van der Waals surface area contributed by atoms with Crippen molar-refractivity contribution in [2.45, 2.75) is 20.1 Å². The minimum Gasteiger partial charge on any atom is -0.494 e. The Bertz CT molecular complexity index is 1170. The highest BCUT2D eigenvalue weighted by atomic mass is 79.9. The van der Waals surface area contributed by atoms with E-state index < -0.39 is 0 Å². The van der Waals surface area contributed by atoms with E-state index in [0.29, 0.717) is 30.3 Å². The van der Waals surface area contributed by atoms with E-state index >= 15 is 0 Å². The third-order valence-electron chi connectivity index (χ3n) is 4.55. The molecule has 1 amide bonds. The third-order valence-corrected chi connectivity index (χ3v) is 5.08. The Balaban J connectivity index is 1.30. The summed E-state index contributed by atoms with van der Waals surface area (Å²) in [6.45, 7) is 3.37. The van der Waals surface area contributed by atoms with Gasteiger partial charge in [-0.05, 0) is 61.0 Å². The molecule has 1 N–H and O–H groups in total. The van der Waals surface area contributed by atoms with Crippen molar-refractivity contribution in [1.82, 2.24) is 9.78 Å². The van der Waals surface area contributed by atoms with Gasteiger partial charge in [0.05, 0.1) is 25.0 Å². The van der Waals surface area contributed by atoms with Gasteiger partial charge in [-0.3, -0.25) is 9.48 Å². The van der Waals surface area contributed by atoms with Crippen LogP contribution in [0.25, 0.3) is 0 Å². The molecule has 2 heterocycles. The normalized spacial score (nSPS) is 10.7. The fraction of sp³-hybridized carbons (Fsp3) is 0.167. The van der Waals surface area contributed by atoms with E-state index in [-0.39, 0.29) is 18.3 Å². The van der Waals surface area contributed by atoms with Crippen LogP contribution in [-0.2, 0) is 13.2 Å². The van der Waals surface area contributed by atoms with Crippen LogP contribution < -0.4 is 14.8 Å². The summed E-state index contributed by atoms with van der Waals surface area (Å²) in [5.74, 6) is 1.89. The van der Waals surface area contributed by atoms with Crippen LogP contribution >= 0.6 is 15.9 Å². The number of carbonyl (C=O) groups excluding carboxylic acids is 1. The summed E-state index contributed by atoms with van der Waals surface area (Å²) in [5.41, 5.74) is 1.70. The smallest absolute Gasteiger partial charge is 0.291 e. The molecule has 0 saturated carbocycles. The molecule has 7 nitrogen and oxygen atoms in total. The SMILES string of the molecule is CCOc1ccc(OCc2ccc(C(=O)Nc3cnn(Cc4ccc(Br)cc4)c3)o2)cc1. The maximum atomic E-state index is 12.5. The van der Waals surface area contributed by atoms with Crippen molar-refractivity contribution in [3.05, 3.63) is 94.6 Å². The van der Waals surface area contributed by atoms with Gasteiger partial charge in [0.25, 0.3) is 5.91 Å². The summed E-state index contributed by atoms with van der Waals surface area (Å²) >= 11 is 3.42. The molecule has 32 heavy (non-hydrogen) atoms. The number of aromatic nitrogens is 2. The van der Waals surface area contributed by atoms with Gasteiger partial charge >= 0.3 is 0 Å². The van der Waals surface area contributed by atoms with Gasteiger partial charge in [0, 0.05) is 10.7 Å². The largest absolute Gasteiger partial charge is 0.494 e. The number of rotatable bonds is 9. The fourth-order valence-corrected chi connectivity index (χ4v) is 3.28. The lowest BCUT2D eigenvalue weighted by Crippen LogP contribution is -2.10.